The number of carboxylic acid groups (broad SMARTS) is 1. The van der Waals surface area contributed by atoms with E-state index in [4.69, 9.17) is 0 Å². The number of nitrogens with one attached hydrogen (secondary N) is 1. The van der Waals surface area contributed by atoms with Crippen molar-refractivity contribution >= 4 is 22.8 Å². The van der Waals surface area contributed by atoms with Gasteiger partial charge in [-0.3, -0.25) is 9.59 Å². The molecule has 5 rings (SSSR count). The van der Waals surface area contributed by atoms with Crippen molar-refractivity contribution in [2.24, 2.45) is 0 Å². The van der Waals surface area contributed by atoms with E-state index in [9.17, 15) is 29.9 Å². The standard InChI is InChI=1S/C32H24N4O5/c33-18-26-28-24(29(37)27(34-26)30(38)35-25(32(40)41)16-20-10-4-1-5-11-20)17-23(22-14-8-3-9-15-22)31(39)36(28)19-21-12-6-2-7-13-21/h1-15,17,25,37H,16,19H2,(H,35,38)(H,40,41). The third-order valence-electron chi connectivity index (χ3n) is 6.69. The molecule has 3 N–H and O–H groups in total. The van der Waals surface area contributed by atoms with Gasteiger partial charge in [0.2, 0.25) is 0 Å². The predicted molar refractivity (Wildman–Crippen MR) is 152 cm³/mol. The minimum atomic E-state index is -1.32. The zero-order valence-electron chi connectivity index (χ0n) is 21.7. The van der Waals surface area contributed by atoms with Crippen LogP contribution in [0.1, 0.15) is 27.3 Å². The van der Waals surface area contributed by atoms with Gasteiger partial charge in [0.1, 0.15) is 12.1 Å². The number of carbonyl (C=O) groups is 2. The summed E-state index contributed by atoms with van der Waals surface area (Å²) in [6.07, 6.45) is -0.00383. The SMILES string of the molecule is N#Cc1nc(C(=O)NC(Cc2ccccc2)C(=O)O)c(O)c2cc(-c3ccccc3)c(=O)n(Cc3ccccc3)c12. The summed E-state index contributed by atoms with van der Waals surface area (Å²) in [4.78, 5) is 43.2. The van der Waals surface area contributed by atoms with Gasteiger partial charge in [-0.25, -0.2) is 9.78 Å². The van der Waals surface area contributed by atoms with Crippen molar-refractivity contribution in [3.63, 3.8) is 0 Å². The van der Waals surface area contributed by atoms with Gasteiger partial charge in [-0.2, -0.15) is 5.26 Å². The molecule has 202 valence electrons. The second-order valence-corrected chi connectivity index (χ2v) is 9.39. The van der Waals surface area contributed by atoms with E-state index in [1.165, 1.54) is 10.6 Å². The summed E-state index contributed by atoms with van der Waals surface area (Å²) in [6, 6.07) is 28.8. The van der Waals surface area contributed by atoms with Crippen molar-refractivity contribution in [1.29, 1.82) is 5.26 Å². The lowest BCUT2D eigenvalue weighted by atomic mass is 10.0. The maximum absolute atomic E-state index is 13.8. The molecule has 2 aromatic heterocycles. The van der Waals surface area contributed by atoms with E-state index in [2.05, 4.69) is 10.3 Å². The van der Waals surface area contributed by atoms with E-state index in [-0.39, 0.29) is 35.1 Å². The smallest absolute Gasteiger partial charge is 0.326 e. The van der Waals surface area contributed by atoms with Crippen LogP contribution in [0.2, 0.25) is 0 Å². The van der Waals surface area contributed by atoms with E-state index < -0.39 is 34.9 Å². The number of pyridine rings is 2. The number of carbonyl (C=O) groups excluding carboxylic acids is 1. The number of amides is 1. The summed E-state index contributed by atoms with van der Waals surface area (Å²) < 4.78 is 1.36. The quantitative estimate of drug-likeness (QED) is 0.266. The average molecular weight is 545 g/mol. The van der Waals surface area contributed by atoms with Gasteiger partial charge in [0.05, 0.1) is 12.1 Å². The molecule has 1 amide bonds. The summed E-state index contributed by atoms with van der Waals surface area (Å²) in [5.74, 6) is -2.81. The van der Waals surface area contributed by atoms with Crippen LogP contribution in [0.3, 0.4) is 0 Å². The number of aliphatic carboxylic acids is 1. The van der Waals surface area contributed by atoms with Gasteiger partial charge in [-0.15, -0.1) is 0 Å². The molecule has 9 heteroatoms. The van der Waals surface area contributed by atoms with Gasteiger partial charge in [-0.05, 0) is 22.8 Å². The lowest BCUT2D eigenvalue weighted by Crippen LogP contribution is -2.42. The number of aromatic nitrogens is 2. The highest BCUT2D eigenvalue weighted by molar-refractivity contribution is 6.04. The summed E-state index contributed by atoms with van der Waals surface area (Å²) in [6.45, 7) is 0.0797. The number of nitrogens with zero attached hydrogens (tertiary/aromatic N) is 3. The highest BCUT2D eigenvalue weighted by atomic mass is 16.4. The molecule has 9 nitrogen and oxygen atoms in total. The van der Waals surface area contributed by atoms with Crippen LogP contribution >= 0.6 is 0 Å². The number of hydrogen-bond donors (Lipinski definition) is 3. The number of aromatic hydroxyl groups is 1. The molecule has 5 aromatic rings. The van der Waals surface area contributed by atoms with Crippen LogP contribution in [0.15, 0.2) is 102 Å². The average Bonchev–Trinajstić information content (AvgIpc) is 2.99. The second kappa shape index (κ2) is 11.6. The fraction of sp³-hybridized carbons (Fsp3) is 0.0938. The van der Waals surface area contributed by atoms with Crippen LogP contribution in [0, 0.1) is 11.3 Å². The first-order chi connectivity index (χ1) is 19.9. The number of rotatable bonds is 8. The maximum atomic E-state index is 13.8. The number of carboxylic acids is 1. The van der Waals surface area contributed by atoms with Crippen LogP contribution in [0.25, 0.3) is 22.0 Å². The summed E-state index contributed by atoms with van der Waals surface area (Å²) in [5.41, 5.74) is 1.17. The molecule has 0 saturated carbocycles. The van der Waals surface area contributed by atoms with Crippen LogP contribution in [-0.2, 0) is 17.8 Å². The third kappa shape index (κ3) is 5.53. The van der Waals surface area contributed by atoms with Gasteiger partial charge < -0.3 is 20.1 Å². The fourth-order valence-electron chi connectivity index (χ4n) is 4.70. The molecule has 0 fully saturated rings. The molecule has 3 aromatic carbocycles. The normalized spacial score (nSPS) is 11.5. The number of benzene rings is 3. The summed E-state index contributed by atoms with van der Waals surface area (Å²) >= 11 is 0. The Kier molecular flexibility index (Phi) is 7.56. The zero-order valence-corrected chi connectivity index (χ0v) is 21.7. The largest absolute Gasteiger partial charge is 0.505 e. The van der Waals surface area contributed by atoms with E-state index in [1.807, 2.05) is 36.4 Å². The maximum Gasteiger partial charge on any atom is 0.326 e. The summed E-state index contributed by atoms with van der Waals surface area (Å²) in [7, 11) is 0. The Morgan fingerprint density at radius 2 is 1.51 bits per heavy atom. The van der Waals surface area contributed by atoms with E-state index in [0.717, 1.165) is 5.56 Å². The van der Waals surface area contributed by atoms with Crippen molar-refractivity contribution in [3.05, 3.63) is 130 Å². The van der Waals surface area contributed by atoms with Crippen LogP contribution in [-0.4, -0.2) is 37.7 Å². The van der Waals surface area contributed by atoms with E-state index in [0.29, 0.717) is 11.1 Å². The van der Waals surface area contributed by atoms with Gasteiger partial charge >= 0.3 is 5.97 Å². The number of fused-ring (bicyclic) bond motifs is 1. The predicted octanol–water partition coefficient (Wildman–Crippen LogP) is 4.11. The highest BCUT2D eigenvalue weighted by Gasteiger charge is 2.27. The first-order valence-corrected chi connectivity index (χ1v) is 12.7. The molecule has 2 heterocycles. The van der Waals surface area contributed by atoms with Crippen molar-refractivity contribution < 1.29 is 19.8 Å². The summed E-state index contributed by atoms with van der Waals surface area (Å²) in [5, 5.41) is 33.6. The first kappa shape index (κ1) is 26.8. The fourth-order valence-corrected chi connectivity index (χ4v) is 4.70. The molecule has 1 atom stereocenters. The molecule has 0 spiro atoms. The topological polar surface area (TPSA) is 145 Å². The Morgan fingerprint density at radius 3 is 2.10 bits per heavy atom. The first-order valence-electron chi connectivity index (χ1n) is 12.7. The van der Waals surface area contributed by atoms with Crippen molar-refractivity contribution in [2.75, 3.05) is 0 Å². The van der Waals surface area contributed by atoms with E-state index >= 15 is 0 Å². The Balaban J connectivity index is 1.67. The van der Waals surface area contributed by atoms with Gasteiger partial charge in [-0.1, -0.05) is 91.0 Å². The van der Waals surface area contributed by atoms with Crippen LogP contribution in [0.5, 0.6) is 5.75 Å². The minimum Gasteiger partial charge on any atom is -0.505 e. The molecule has 0 saturated heterocycles. The Bertz CT molecular complexity index is 1850. The molecule has 0 aliphatic carbocycles. The molecular weight excluding hydrogens is 520 g/mol. The highest BCUT2D eigenvalue weighted by Crippen LogP contribution is 2.32. The molecular formula is C32H24N4O5. The lowest BCUT2D eigenvalue weighted by Gasteiger charge is -2.18. The lowest BCUT2D eigenvalue weighted by molar-refractivity contribution is -0.139. The van der Waals surface area contributed by atoms with Gasteiger partial charge in [0, 0.05) is 17.4 Å². The van der Waals surface area contributed by atoms with Crippen molar-refractivity contribution in [2.45, 2.75) is 19.0 Å². The molecule has 1 unspecified atom stereocenters. The third-order valence-corrected chi connectivity index (χ3v) is 6.69. The Morgan fingerprint density at radius 1 is 0.927 bits per heavy atom. The molecule has 0 radical (unpaired) electrons. The Hall–Kier alpha value is -5.75. The molecule has 0 aliphatic rings. The van der Waals surface area contributed by atoms with Gasteiger partial charge in [0.15, 0.2) is 17.1 Å². The zero-order chi connectivity index (χ0) is 28.9. The number of nitriles is 1. The molecule has 0 bridgehead atoms. The van der Waals surface area contributed by atoms with Crippen molar-refractivity contribution in [3.8, 4) is 22.9 Å². The Labute approximate surface area is 234 Å². The van der Waals surface area contributed by atoms with Crippen molar-refractivity contribution in [1.82, 2.24) is 14.9 Å². The monoisotopic (exact) mass is 544 g/mol. The molecule has 0 aliphatic heterocycles. The molecule has 41 heavy (non-hydrogen) atoms. The number of hydrogen-bond acceptors (Lipinski definition) is 6. The van der Waals surface area contributed by atoms with E-state index in [1.54, 1.807) is 60.7 Å². The van der Waals surface area contributed by atoms with Crippen LogP contribution in [0.4, 0.5) is 0 Å². The second-order valence-electron chi connectivity index (χ2n) is 9.39. The van der Waals surface area contributed by atoms with Gasteiger partial charge in [0.25, 0.3) is 11.5 Å². The van der Waals surface area contributed by atoms with Crippen LogP contribution < -0.4 is 10.9 Å². The minimum absolute atomic E-state index is 0.00383.